The Morgan fingerprint density at radius 3 is 2.45 bits per heavy atom. The topological polar surface area (TPSA) is 42.3 Å². The first kappa shape index (κ1) is 16.0. The van der Waals surface area contributed by atoms with Gasteiger partial charge in [0.2, 0.25) is 0 Å². The Morgan fingerprint density at radius 1 is 1.35 bits per heavy atom. The Morgan fingerprint density at radius 2 is 1.95 bits per heavy atom. The van der Waals surface area contributed by atoms with Gasteiger partial charge in [-0.1, -0.05) is 0 Å². The first-order valence-corrected chi connectivity index (χ1v) is 5.81. The van der Waals surface area contributed by atoms with E-state index in [-0.39, 0.29) is 0 Å². The van der Waals surface area contributed by atoms with Crippen LogP contribution < -0.4 is 5.56 Å². The zero-order valence-corrected chi connectivity index (χ0v) is 11.3. The fourth-order valence-corrected chi connectivity index (χ4v) is 1.47. The van der Waals surface area contributed by atoms with Gasteiger partial charge >= 0.3 is 6.18 Å². The summed E-state index contributed by atoms with van der Waals surface area (Å²) in [6.07, 6.45) is -1.21. The molecular weight excluding hydrogens is 273 g/mol. The van der Waals surface area contributed by atoms with Crippen LogP contribution >= 0.6 is 0 Å². The van der Waals surface area contributed by atoms with E-state index in [0.29, 0.717) is 12.3 Å². The molecule has 0 aliphatic heterocycles. The highest BCUT2D eigenvalue weighted by molar-refractivity contribution is 5.92. The molecule has 0 amide bonds. The van der Waals surface area contributed by atoms with Crippen molar-refractivity contribution >= 4 is 5.78 Å². The minimum Gasteiger partial charge on any atom is -0.383 e. The van der Waals surface area contributed by atoms with Gasteiger partial charge < -0.3 is 9.47 Å². The van der Waals surface area contributed by atoms with Crippen molar-refractivity contribution in [2.75, 3.05) is 14.1 Å². The molecule has 0 spiro atoms. The van der Waals surface area contributed by atoms with Gasteiger partial charge in [0.15, 0.2) is 5.78 Å². The Labute approximate surface area is 114 Å². The lowest BCUT2D eigenvalue weighted by Crippen LogP contribution is -2.28. The SMILES string of the molecule is C[C@H](C(=O)/C=C/N(C)C)n1cc(C(F)(F)F)ccc1=O. The fraction of sp³-hybridized carbons (Fsp3) is 0.385. The number of rotatable bonds is 4. The zero-order valence-electron chi connectivity index (χ0n) is 11.3. The van der Waals surface area contributed by atoms with Gasteiger partial charge in [-0.2, -0.15) is 13.2 Å². The minimum absolute atomic E-state index is 0.458. The van der Waals surface area contributed by atoms with E-state index >= 15 is 0 Å². The second-order valence-electron chi connectivity index (χ2n) is 4.52. The molecule has 1 heterocycles. The van der Waals surface area contributed by atoms with Crippen molar-refractivity contribution in [3.05, 3.63) is 46.5 Å². The molecule has 0 bridgehead atoms. The standard InChI is InChI=1S/C13H15F3N2O2/c1-9(11(19)6-7-17(2)3)18-8-10(13(14,15)16)4-5-12(18)20/h4-9H,1-3H3/b7-6+/t9-/m1/s1. The number of alkyl halides is 3. The van der Waals surface area contributed by atoms with Crippen LogP contribution in [-0.4, -0.2) is 29.3 Å². The van der Waals surface area contributed by atoms with Crippen molar-refractivity contribution < 1.29 is 18.0 Å². The maximum Gasteiger partial charge on any atom is 0.417 e. The van der Waals surface area contributed by atoms with Crippen LogP contribution in [0.1, 0.15) is 18.5 Å². The molecule has 1 aromatic heterocycles. The number of carbonyl (C=O) groups excluding carboxylic acids is 1. The molecule has 20 heavy (non-hydrogen) atoms. The molecule has 0 saturated carbocycles. The van der Waals surface area contributed by atoms with Crippen LogP contribution in [0.25, 0.3) is 0 Å². The summed E-state index contributed by atoms with van der Waals surface area (Å²) in [6, 6.07) is 0.509. The molecule has 0 saturated heterocycles. The Balaban J connectivity index is 3.13. The first-order valence-electron chi connectivity index (χ1n) is 5.81. The number of nitrogens with zero attached hydrogens (tertiary/aromatic N) is 2. The summed E-state index contributed by atoms with van der Waals surface area (Å²) in [5.41, 5.74) is -1.62. The molecule has 110 valence electrons. The van der Waals surface area contributed by atoms with Gasteiger partial charge in [0.25, 0.3) is 5.56 Å². The van der Waals surface area contributed by atoms with E-state index in [1.54, 1.807) is 19.0 Å². The van der Waals surface area contributed by atoms with Gasteiger partial charge in [0, 0.05) is 32.6 Å². The van der Waals surface area contributed by atoms with Crippen LogP contribution in [0.4, 0.5) is 13.2 Å². The predicted octanol–water partition coefficient (Wildman–Crippen LogP) is 2.07. The highest BCUT2D eigenvalue weighted by Gasteiger charge is 2.31. The van der Waals surface area contributed by atoms with Crippen LogP contribution in [0, 0.1) is 0 Å². The monoisotopic (exact) mass is 288 g/mol. The highest BCUT2D eigenvalue weighted by atomic mass is 19.4. The number of hydrogen-bond acceptors (Lipinski definition) is 3. The van der Waals surface area contributed by atoms with E-state index in [4.69, 9.17) is 0 Å². The summed E-state index contributed by atoms with van der Waals surface area (Å²) in [5.74, 6) is -0.458. The number of carbonyl (C=O) groups is 1. The van der Waals surface area contributed by atoms with Crippen molar-refractivity contribution in [3.8, 4) is 0 Å². The molecule has 0 radical (unpaired) electrons. The Kier molecular flexibility index (Phi) is 4.75. The minimum atomic E-state index is -4.56. The normalized spacial score (nSPS) is 13.5. The van der Waals surface area contributed by atoms with Gasteiger partial charge in [0.05, 0.1) is 11.6 Å². The number of ketones is 1. The van der Waals surface area contributed by atoms with E-state index in [1.807, 2.05) is 0 Å². The average Bonchev–Trinajstić information content (AvgIpc) is 2.34. The van der Waals surface area contributed by atoms with E-state index in [9.17, 15) is 22.8 Å². The molecule has 0 aliphatic rings. The quantitative estimate of drug-likeness (QED) is 0.797. The summed E-state index contributed by atoms with van der Waals surface area (Å²) in [7, 11) is 3.40. The second kappa shape index (κ2) is 5.94. The third kappa shape index (κ3) is 3.97. The van der Waals surface area contributed by atoms with Crippen molar-refractivity contribution in [2.24, 2.45) is 0 Å². The molecule has 4 nitrogen and oxygen atoms in total. The third-order valence-corrected chi connectivity index (χ3v) is 2.63. The van der Waals surface area contributed by atoms with Crippen molar-refractivity contribution in [1.82, 2.24) is 9.47 Å². The lowest BCUT2D eigenvalue weighted by atomic mass is 10.2. The smallest absolute Gasteiger partial charge is 0.383 e. The predicted molar refractivity (Wildman–Crippen MR) is 68.2 cm³/mol. The number of allylic oxidation sites excluding steroid dienone is 1. The van der Waals surface area contributed by atoms with Crippen LogP contribution in [0.5, 0.6) is 0 Å². The lowest BCUT2D eigenvalue weighted by Gasteiger charge is -2.15. The molecular formula is C13H15F3N2O2. The number of halogens is 3. The van der Waals surface area contributed by atoms with E-state index < -0.39 is 29.1 Å². The van der Waals surface area contributed by atoms with Crippen molar-refractivity contribution in [3.63, 3.8) is 0 Å². The number of pyridine rings is 1. The summed E-state index contributed by atoms with van der Waals surface area (Å²) in [5, 5.41) is 0. The third-order valence-electron chi connectivity index (χ3n) is 2.63. The van der Waals surface area contributed by atoms with Gasteiger partial charge in [-0.15, -0.1) is 0 Å². The van der Waals surface area contributed by atoms with Crippen molar-refractivity contribution in [2.45, 2.75) is 19.1 Å². The van der Waals surface area contributed by atoms with Gasteiger partial charge in [-0.3, -0.25) is 9.59 Å². The maximum absolute atomic E-state index is 12.6. The van der Waals surface area contributed by atoms with E-state index in [2.05, 4.69) is 0 Å². The molecule has 0 fully saturated rings. The zero-order chi connectivity index (χ0) is 15.5. The first-order chi connectivity index (χ1) is 9.12. The van der Waals surface area contributed by atoms with Crippen molar-refractivity contribution in [1.29, 1.82) is 0 Å². The molecule has 0 aliphatic carbocycles. The summed E-state index contributed by atoms with van der Waals surface area (Å²) in [6.45, 7) is 1.38. The molecule has 0 aromatic carbocycles. The summed E-state index contributed by atoms with van der Waals surface area (Å²) < 4.78 is 38.6. The van der Waals surface area contributed by atoms with Crippen LogP contribution in [0.3, 0.4) is 0 Å². The van der Waals surface area contributed by atoms with Gasteiger partial charge in [0.1, 0.15) is 0 Å². The number of hydrogen-bond donors (Lipinski definition) is 0. The molecule has 1 rings (SSSR count). The fourth-order valence-electron chi connectivity index (χ4n) is 1.47. The lowest BCUT2D eigenvalue weighted by molar-refractivity contribution is -0.138. The summed E-state index contributed by atoms with van der Waals surface area (Å²) >= 11 is 0. The maximum atomic E-state index is 12.6. The summed E-state index contributed by atoms with van der Waals surface area (Å²) in [4.78, 5) is 25.0. The molecule has 1 aromatic rings. The van der Waals surface area contributed by atoms with Crippen LogP contribution in [-0.2, 0) is 11.0 Å². The highest BCUT2D eigenvalue weighted by Crippen LogP contribution is 2.28. The van der Waals surface area contributed by atoms with Gasteiger partial charge in [-0.05, 0) is 19.1 Å². The van der Waals surface area contributed by atoms with Crippen LogP contribution in [0.2, 0.25) is 0 Å². The molecule has 0 unspecified atom stereocenters. The van der Waals surface area contributed by atoms with Gasteiger partial charge in [-0.25, -0.2) is 0 Å². The van der Waals surface area contributed by atoms with E-state index in [0.717, 1.165) is 10.6 Å². The molecule has 1 atom stereocenters. The van der Waals surface area contributed by atoms with Crippen LogP contribution in [0.15, 0.2) is 35.4 Å². The average molecular weight is 288 g/mol. The molecule has 0 N–H and O–H groups in total. The largest absolute Gasteiger partial charge is 0.417 e. The number of aromatic nitrogens is 1. The molecule has 7 heteroatoms. The Hall–Kier alpha value is -2.05. The Bertz CT molecular complexity index is 574. The second-order valence-corrected chi connectivity index (χ2v) is 4.52. The van der Waals surface area contributed by atoms with E-state index in [1.165, 1.54) is 19.2 Å².